The van der Waals surface area contributed by atoms with Gasteiger partial charge in [0.2, 0.25) is 10.0 Å². The Morgan fingerprint density at radius 3 is 2.30 bits per heavy atom. The Morgan fingerprint density at radius 1 is 1.11 bits per heavy atom. The van der Waals surface area contributed by atoms with E-state index in [9.17, 15) is 22.0 Å². The molecule has 1 aromatic carbocycles. The summed E-state index contributed by atoms with van der Waals surface area (Å²) in [6.07, 6.45) is 4.30. The first-order valence-corrected chi connectivity index (χ1v) is 10.00. The first-order valence-electron chi connectivity index (χ1n) is 8.51. The molecular formula is C18H19F2N3O3S. The zero-order valence-electron chi connectivity index (χ0n) is 14.4. The van der Waals surface area contributed by atoms with Crippen molar-refractivity contribution in [1.82, 2.24) is 14.6 Å². The molecule has 1 amide bonds. The Labute approximate surface area is 156 Å². The number of aromatic nitrogens is 1. The SMILES string of the molecule is O=C(c1ccncc1)N1CCC(CNS(=O)(=O)c2c(F)cccc2F)CC1. The van der Waals surface area contributed by atoms with Gasteiger partial charge in [0.1, 0.15) is 11.6 Å². The van der Waals surface area contributed by atoms with Crippen molar-refractivity contribution in [2.24, 2.45) is 5.92 Å². The third-order valence-corrected chi connectivity index (χ3v) is 6.05. The molecule has 0 spiro atoms. The normalized spacial score (nSPS) is 15.7. The van der Waals surface area contributed by atoms with Crippen LogP contribution in [0.15, 0.2) is 47.6 Å². The molecule has 1 N–H and O–H groups in total. The highest BCUT2D eigenvalue weighted by atomic mass is 32.2. The molecule has 1 saturated heterocycles. The third kappa shape index (κ3) is 4.48. The largest absolute Gasteiger partial charge is 0.339 e. The Kier molecular flexibility index (Phi) is 5.81. The van der Waals surface area contributed by atoms with E-state index in [4.69, 9.17) is 0 Å². The molecule has 0 unspecified atom stereocenters. The molecule has 9 heteroatoms. The van der Waals surface area contributed by atoms with Crippen LogP contribution in [0, 0.1) is 17.6 Å². The molecule has 27 heavy (non-hydrogen) atoms. The zero-order chi connectivity index (χ0) is 19.4. The second-order valence-corrected chi connectivity index (χ2v) is 8.08. The molecule has 1 aliphatic rings. The van der Waals surface area contributed by atoms with Crippen molar-refractivity contribution in [3.8, 4) is 0 Å². The smallest absolute Gasteiger partial charge is 0.253 e. The summed E-state index contributed by atoms with van der Waals surface area (Å²) in [5.41, 5.74) is 0.555. The number of nitrogens with one attached hydrogen (secondary N) is 1. The first-order chi connectivity index (χ1) is 12.9. The minimum atomic E-state index is -4.28. The van der Waals surface area contributed by atoms with Crippen molar-refractivity contribution >= 4 is 15.9 Å². The third-order valence-electron chi connectivity index (χ3n) is 4.58. The van der Waals surface area contributed by atoms with E-state index in [2.05, 4.69) is 9.71 Å². The minimum absolute atomic E-state index is 0.0175. The van der Waals surface area contributed by atoms with Gasteiger partial charge in [-0.1, -0.05) is 6.07 Å². The molecule has 2 aromatic rings. The van der Waals surface area contributed by atoms with Crippen LogP contribution in [-0.4, -0.2) is 43.8 Å². The van der Waals surface area contributed by atoms with Gasteiger partial charge in [-0.2, -0.15) is 0 Å². The quantitative estimate of drug-likeness (QED) is 0.842. The van der Waals surface area contributed by atoms with Gasteiger partial charge in [-0.3, -0.25) is 9.78 Å². The molecule has 0 radical (unpaired) electrons. The number of likely N-dealkylation sites (tertiary alicyclic amines) is 1. The topological polar surface area (TPSA) is 79.4 Å². The number of piperidine rings is 1. The van der Waals surface area contributed by atoms with Gasteiger partial charge in [-0.05, 0) is 43.0 Å². The maximum absolute atomic E-state index is 13.7. The average Bonchev–Trinajstić information content (AvgIpc) is 2.67. The van der Waals surface area contributed by atoms with Gasteiger partial charge in [0.25, 0.3) is 5.91 Å². The fourth-order valence-electron chi connectivity index (χ4n) is 3.06. The maximum atomic E-state index is 13.7. The van der Waals surface area contributed by atoms with Crippen LogP contribution in [0.4, 0.5) is 8.78 Å². The summed E-state index contributed by atoms with van der Waals surface area (Å²) in [4.78, 5) is 17.0. The number of rotatable bonds is 5. The van der Waals surface area contributed by atoms with Crippen LogP contribution in [0.1, 0.15) is 23.2 Å². The van der Waals surface area contributed by atoms with Crippen molar-refractivity contribution < 1.29 is 22.0 Å². The van der Waals surface area contributed by atoms with Crippen molar-refractivity contribution in [3.05, 3.63) is 59.9 Å². The molecule has 0 aliphatic carbocycles. The van der Waals surface area contributed by atoms with E-state index in [0.717, 1.165) is 18.2 Å². The molecular weight excluding hydrogens is 376 g/mol. The Bertz CT molecular complexity index is 894. The Hall–Kier alpha value is -2.39. The second kappa shape index (κ2) is 8.10. The molecule has 144 valence electrons. The van der Waals surface area contributed by atoms with Crippen LogP contribution < -0.4 is 4.72 Å². The number of halogens is 2. The number of carbonyl (C=O) groups excluding carboxylic acids is 1. The van der Waals surface area contributed by atoms with Gasteiger partial charge in [-0.15, -0.1) is 0 Å². The van der Waals surface area contributed by atoms with E-state index in [1.54, 1.807) is 29.4 Å². The van der Waals surface area contributed by atoms with Crippen LogP contribution in [0.25, 0.3) is 0 Å². The predicted molar refractivity (Wildman–Crippen MR) is 94.4 cm³/mol. The van der Waals surface area contributed by atoms with Crippen LogP contribution in [0.3, 0.4) is 0 Å². The number of carbonyl (C=O) groups is 1. The first kappa shape index (κ1) is 19.4. The lowest BCUT2D eigenvalue weighted by Gasteiger charge is -2.32. The zero-order valence-corrected chi connectivity index (χ0v) is 15.3. The Balaban J connectivity index is 1.56. The van der Waals surface area contributed by atoms with Gasteiger partial charge in [0.05, 0.1) is 0 Å². The fraction of sp³-hybridized carbons (Fsp3) is 0.333. The predicted octanol–water partition coefficient (Wildman–Crippen LogP) is 2.19. The molecule has 0 saturated carbocycles. The summed E-state index contributed by atoms with van der Waals surface area (Å²) in [7, 11) is -4.28. The minimum Gasteiger partial charge on any atom is -0.339 e. The van der Waals surface area contributed by atoms with Crippen molar-refractivity contribution in [2.45, 2.75) is 17.7 Å². The van der Waals surface area contributed by atoms with E-state index < -0.39 is 26.6 Å². The van der Waals surface area contributed by atoms with Crippen LogP contribution in [-0.2, 0) is 10.0 Å². The Morgan fingerprint density at radius 2 is 1.70 bits per heavy atom. The summed E-state index contributed by atoms with van der Waals surface area (Å²) in [5, 5.41) is 0. The van der Waals surface area contributed by atoms with Crippen LogP contribution in [0.2, 0.25) is 0 Å². The van der Waals surface area contributed by atoms with E-state index in [1.165, 1.54) is 0 Å². The fourth-order valence-corrected chi connectivity index (χ4v) is 4.31. The highest BCUT2D eigenvalue weighted by Crippen LogP contribution is 2.21. The summed E-state index contributed by atoms with van der Waals surface area (Å²) in [5.74, 6) is -2.36. The molecule has 1 aliphatic heterocycles. The number of hydrogen-bond donors (Lipinski definition) is 1. The van der Waals surface area contributed by atoms with E-state index in [1.807, 2.05) is 0 Å². The summed E-state index contributed by atoms with van der Waals surface area (Å²) in [6, 6.07) is 6.21. The summed E-state index contributed by atoms with van der Waals surface area (Å²) >= 11 is 0. The number of nitrogens with zero attached hydrogens (tertiary/aromatic N) is 2. The standard InChI is InChI=1S/C18H19F2N3O3S/c19-15-2-1-3-16(20)17(15)27(25,26)22-12-13-6-10-23(11-7-13)18(24)14-4-8-21-9-5-14/h1-5,8-9,13,22H,6-7,10-12H2. The lowest BCUT2D eigenvalue weighted by molar-refractivity contribution is 0.0692. The number of hydrogen-bond acceptors (Lipinski definition) is 4. The summed E-state index contributed by atoms with van der Waals surface area (Å²) in [6.45, 7) is 1.04. The number of sulfonamides is 1. The second-order valence-electron chi connectivity index (χ2n) is 6.37. The molecule has 1 aromatic heterocycles. The highest BCUT2D eigenvalue weighted by Gasteiger charge is 2.27. The van der Waals surface area contributed by atoms with Crippen molar-refractivity contribution in [2.75, 3.05) is 19.6 Å². The van der Waals surface area contributed by atoms with Gasteiger partial charge < -0.3 is 4.90 Å². The van der Waals surface area contributed by atoms with Gasteiger partial charge in [-0.25, -0.2) is 21.9 Å². The average molecular weight is 395 g/mol. The maximum Gasteiger partial charge on any atom is 0.253 e. The number of pyridine rings is 1. The molecule has 0 atom stereocenters. The molecule has 1 fully saturated rings. The van der Waals surface area contributed by atoms with Crippen molar-refractivity contribution in [3.63, 3.8) is 0 Å². The van der Waals surface area contributed by atoms with E-state index in [-0.39, 0.29) is 18.4 Å². The lowest BCUT2D eigenvalue weighted by Crippen LogP contribution is -2.41. The summed E-state index contributed by atoms with van der Waals surface area (Å²) < 4.78 is 54.1. The van der Waals surface area contributed by atoms with Crippen molar-refractivity contribution in [1.29, 1.82) is 0 Å². The van der Waals surface area contributed by atoms with Crippen LogP contribution >= 0.6 is 0 Å². The van der Waals surface area contributed by atoms with E-state index in [0.29, 0.717) is 31.5 Å². The van der Waals surface area contributed by atoms with Gasteiger partial charge in [0, 0.05) is 37.6 Å². The lowest BCUT2D eigenvalue weighted by atomic mass is 9.97. The monoisotopic (exact) mass is 395 g/mol. The molecule has 2 heterocycles. The molecule has 6 nitrogen and oxygen atoms in total. The number of amides is 1. The van der Waals surface area contributed by atoms with E-state index >= 15 is 0 Å². The van der Waals surface area contributed by atoms with Gasteiger partial charge in [0.15, 0.2) is 4.90 Å². The highest BCUT2D eigenvalue weighted by molar-refractivity contribution is 7.89. The molecule has 0 bridgehead atoms. The van der Waals surface area contributed by atoms with Crippen LogP contribution in [0.5, 0.6) is 0 Å². The molecule has 3 rings (SSSR count). The van der Waals surface area contributed by atoms with Gasteiger partial charge >= 0.3 is 0 Å². The number of benzene rings is 1.